The maximum atomic E-state index is 5.80. The van der Waals surface area contributed by atoms with Gasteiger partial charge in [0.05, 0.1) is 39.6 Å². The molecule has 3 rings (SSSR count). The highest BCUT2D eigenvalue weighted by Gasteiger charge is 2.27. The van der Waals surface area contributed by atoms with E-state index in [0.29, 0.717) is 39.6 Å². The van der Waals surface area contributed by atoms with Crippen LogP contribution in [0.15, 0.2) is 60.7 Å². The molecule has 0 N–H and O–H groups in total. The third kappa shape index (κ3) is 5.42. The van der Waals surface area contributed by atoms with E-state index >= 15 is 0 Å². The van der Waals surface area contributed by atoms with Gasteiger partial charge in [0, 0.05) is 0 Å². The van der Waals surface area contributed by atoms with Gasteiger partial charge in [-0.25, -0.2) is 0 Å². The van der Waals surface area contributed by atoms with E-state index in [1.54, 1.807) is 0 Å². The number of ether oxygens (including phenoxy) is 4. The van der Waals surface area contributed by atoms with E-state index in [1.807, 2.05) is 36.4 Å². The normalized spacial score (nSPS) is 20.8. The Balaban J connectivity index is 1.41. The fourth-order valence-corrected chi connectivity index (χ4v) is 2.66. The van der Waals surface area contributed by atoms with Crippen molar-refractivity contribution in [2.24, 2.45) is 0 Å². The van der Waals surface area contributed by atoms with E-state index in [1.165, 1.54) is 0 Å². The van der Waals surface area contributed by atoms with Crippen LogP contribution in [-0.4, -0.2) is 38.6 Å². The van der Waals surface area contributed by atoms with Crippen LogP contribution in [0.3, 0.4) is 0 Å². The van der Waals surface area contributed by atoms with E-state index < -0.39 is 0 Å². The molecule has 4 heteroatoms. The van der Waals surface area contributed by atoms with Gasteiger partial charge in [-0.05, 0) is 11.1 Å². The van der Waals surface area contributed by atoms with Crippen molar-refractivity contribution < 1.29 is 18.9 Å². The summed E-state index contributed by atoms with van der Waals surface area (Å²) in [6, 6.07) is 20.3. The lowest BCUT2D eigenvalue weighted by Crippen LogP contribution is -2.44. The molecule has 4 nitrogen and oxygen atoms in total. The molecule has 2 aromatic rings. The molecule has 2 aromatic carbocycles. The summed E-state index contributed by atoms with van der Waals surface area (Å²) in [6.07, 6.45) is -0.170. The third-order valence-corrected chi connectivity index (χ3v) is 3.95. The average Bonchev–Trinajstić information content (AvgIpc) is 2.65. The van der Waals surface area contributed by atoms with Gasteiger partial charge in [-0.2, -0.15) is 0 Å². The van der Waals surface area contributed by atoms with Gasteiger partial charge in [-0.1, -0.05) is 60.7 Å². The van der Waals surface area contributed by atoms with Gasteiger partial charge >= 0.3 is 0 Å². The molecular formula is C20H24O4. The summed E-state index contributed by atoms with van der Waals surface area (Å²) in [6.45, 7) is 3.39. The van der Waals surface area contributed by atoms with Crippen LogP contribution in [0.4, 0.5) is 0 Å². The first kappa shape index (κ1) is 17.1. The second-order valence-electron chi connectivity index (χ2n) is 5.82. The Morgan fingerprint density at radius 3 is 1.50 bits per heavy atom. The largest absolute Gasteiger partial charge is 0.374 e. The molecular weight excluding hydrogens is 304 g/mol. The van der Waals surface area contributed by atoms with E-state index in [4.69, 9.17) is 18.9 Å². The van der Waals surface area contributed by atoms with Gasteiger partial charge in [0.15, 0.2) is 0 Å². The van der Waals surface area contributed by atoms with Crippen LogP contribution in [0.2, 0.25) is 0 Å². The molecule has 1 aliphatic heterocycles. The van der Waals surface area contributed by atoms with Crippen molar-refractivity contribution in [2.75, 3.05) is 26.4 Å². The molecule has 1 saturated heterocycles. The smallest absolute Gasteiger partial charge is 0.109 e. The van der Waals surface area contributed by atoms with Crippen molar-refractivity contribution in [1.29, 1.82) is 0 Å². The lowest BCUT2D eigenvalue weighted by atomic mass is 10.2. The van der Waals surface area contributed by atoms with Crippen LogP contribution in [0.1, 0.15) is 11.1 Å². The Labute approximate surface area is 143 Å². The molecule has 0 saturated carbocycles. The molecule has 1 aliphatic rings. The maximum Gasteiger partial charge on any atom is 0.109 e. The maximum absolute atomic E-state index is 5.80. The molecule has 128 valence electrons. The van der Waals surface area contributed by atoms with Gasteiger partial charge in [0.2, 0.25) is 0 Å². The second-order valence-corrected chi connectivity index (χ2v) is 5.82. The van der Waals surface area contributed by atoms with Gasteiger partial charge in [0.1, 0.15) is 12.2 Å². The number of rotatable bonds is 8. The number of hydrogen-bond acceptors (Lipinski definition) is 4. The predicted octanol–water partition coefficient (Wildman–Crippen LogP) is 3.20. The minimum atomic E-state index is -0.0850. The highest BCUT2D eigenvalue weighted by molar-refractivity contribution is 5.14. The molecule has 0 aliphatic carbocycles. The van der Waals surface area contributed by atoms with Crippen molar-refractivity contribution in [2.45, 2.75) is 25.4 Å². The summed E-state index contributed by atoms with van der Waals surface area (Å²) < 4.78 is 23.2. The molecule has 0 radical (unpaired) electrons. The zero-order chi connectivity index (χ0) is 16.5. The topological polar surface area (TPSA) is 36.9 Å². The lowest BCUT2D eigenvalue weighted by molar-refractivity contribution is -0.179. The summed E-state index contributed by atoms with van der Waals surface area (Å²) in [7, 11) is 0. The summed E-state index contributed by atoms with van der Waals surface area (Å²) in [5, 5.41) is 0. The fraction of sp³-hybridized carbons (Fsp3) is 0.400. The van der Waals surface area contributed by atoms with Crippen LogP contribution in [0.25, 0.3) is 0 Å². The minimum Gasteiger partial charge on any atom is -0.374 e. The van der Waals surface area contributed by atoms with Crippen LogP contribution in [-0.2, 0) is 32.2 Å². The highest BCUT2D eigenvalue weighted by atomic mass is 16.6. The van der Waals surface area contributed by atoms with Crippen molar-refractivity contribution in [3.05, 3.63) is 71.8 Å². The molecule has 0 amide bonds. The zero-order valence-corrected chi connectivity index (χ0v) is 13.8. The van der Waals surface area contributed by atoms with E-state index in [0.717, 1.165) is 11.1 Å². The van der Waals surface area contributed by atoms with Crippen molar-refractivity contribution in [3.8, 4) is 0 Å². The lowest BCUT2D eigenvalue weighted by Gasteiger charge is -2.31. The summed E-state index contributed by atoms with van der Waals surface area (Å²) >= 11 is 0. The summed E-state index contributed by atoms with van der Waals surface area (Å²) in [5.74, 6) is 0. The zero-order valence-electron chi connectivity index (χ0n) is 13.8. The van der Waals surface area contributed by atoms with Crippen molar-refractivity contribution in [3.63, 3.8) is 0 Å². The Morgan fingerprint density at radius 2 is 1.08 bits per heavy atom. The first-order chi connectivity index (χ1) is 11.9. The molecule has 2 atom stereocenters. The van der Waals surface area contributed by atoms with E-state index in [-0.39, 0.29) is 12.2 Å². The van der Waals surface area contributed by atoms with E-state index in [9.17, 15) is 0 Å². The highest BCUT2D eigenvalue weighted by Crippen LogP contribution is 2.13. The first-order valence-electron chi connectivity index (χ1n) is 8.38. The van der Waals surface area contributed by atoms with Gasteiger partial charge in [0.25, 0.3) is 0 Å². The Kier molecular flexibility index (Phi) is 6.81. The summed E-state index contributed by atoms with van der Waals surface area (Å²) in [4.78, 5) is 0. The second kappa shape index (κ2) is 9.55. The van der Waals surface area contributed by atoms with Crippen molar-refractivity contribution >= 4 is 0 Å². The number of benzene rings is 2. The van der Waals surface area contributed by atoms with Gasteiger partial charge in [-0.15, -0.1) is 0 Å². The molecule has 1 fully saturated rings. The number of hydrogen-bond donors (Lipinski definition) is 0. The van der Waals surface area contributed by atoms with Crippen LogP contribution in [0, 0.1) is 0 Å². The molecule has 0 spiro atoms. The van der Waals surface area contributed by atoms with Gasteiger partial charge in [-0.3, -0.25) is 0 Å². The Hall–Kier alpha value is -1.72. The molecule has 1 heterocycles. The Bertz CT molecular complexity index is 519. The average molecular weight is 328 g/mol. The van der Waals surface area contributed by atoms with Crippen molar-refractivity contribution in [1.82, 2.24) is 0 Å². The third-order valence-electron chi connectivity index (χ3n) is 3.95. The van der Waals surface area contributed by atoms with Gasteiger partial charge < -0.3 is 18.9 Å². The Morgan fingerprint density at radius 1 is 0.667 bits per heavy atom. The predicted molar refractivity (Wildman–Crippen MR) is 91.7 cm³/mol. The quantitative estimate of drug-likeness (QED) is 0.746. The van der Waals surface area contributed by atoms with Crippen LogP contribution in [0.5, 0.6) is 0 Å². The monoisotopic (exact) mass is 328 g/mol. The van der Waals surface area contributed by atoms with Crippen LogP contribution >= 0.6 is 0 Å². The minimum absolute atomic E-state index is 0.0850. The standard InChI is InChI=1S/C20H24O4/c1-3-7-17(8-4-1)13-21-15-19-20(24-12-11-23-19)16-22-14-18-9-5-2-6-10-18/h1-10,19-20H,11-16H2/t19-,20+. The fourth-order valence-electron chi connectivity index (χ4n) is 2.66. The molecule has 24 heavy (non-hydrogen) atoms. The van der Waals surface area contributed by atoms with Crippen LogP contribution < -0.4 is 0 Å². The molecule has 0 bridgehead atoms. The summed E-state index contributed by atoms with van der Waals surface area (Å²) in [5.41, 5.74) is 2.32. The first-order valence-corrected chi connectivity index (χ1v) is 8.38. The molecule has 0 unspecified atom stereocenters. The van der Waals surface area contributed by atoms with E-state index in [2.05, 4.69) is 24.3 Å². The molecule has 0 aromatic heterocycles. The SMILES string of the molecule is c1ccc(COC[C@@H]2OCCO[C@@H]2COCc2ccccc2)cc1.